The molecule has 0 amide bonds. The van der Waals surface area contributed by atoms with Gasteiger partial charge in [-0.05, 0) is 35.1 Å². The SMILES string of the molecule is CC(=O)Oc1c(C(C)C)cc(N=C=O)cc1C(C)C. The lowest BCUT2D eigenvalue weighted by molar-refractivity contribution is -0.132. The molecule has 0 spiro atoms. The van der Waals surface area contributed by atoms with Crippen molar-refractivity contribution in [3.63, 3.8) is 0 Å². The number of carbonyl (C=O) groups is 1. The number of aliphatic imine (C=N–C) groups is 1. The first-order chi connectivity index (χ1) is 8.86. The van der Waals surface area contributed by atoms with Crippen molar-refractivity contribution < 1.29 is 14.3 Å². The maximum atomic E-state index is 11.3. The van der Waals surface area contributed by atoms with Gasteiger partial charge in [0.1, 0.15) is 5.75 Å². The summed E-state index contributed by atoms with van der Waals surface area (Å²) in [4.78, 5) is 25.4. The van der Waals surface area contributed by atoms with Crippen LogP contribution < -0.4 is 4.74 Å². The van der Waals surface area contributed by atoms with Gasteiger partial charge in [-0.25, -0.2) is 4.79 Å². The molecule has 1 rings (SSSR count). The minimum Gasteiger partial charge on any atom is -0.426 e. The van der Waals surface area contributed by atoms with E-state index in [9.17, 15) is 9.59 Å². The third-order valence-electron chi connectivity index (χ3n) is 2.80. The lowest BCUT2D eigenvalue weighted by Gasteiger charge is -2.19. The fourth-order valence-electron chi connectivity index (χ4n) is 1.89. The molecular formula is C15H19NO3. The van der Waals surface area contributed by atoms with Gasteiger partial charge in [0.15, 0.2) is 0 Å². The molecule has 0 aliphatic carbocycles. The van der Waals surface area contributed by atoms with Gasteiger partial charge in [0.2, 0.25) is 6.08 Å². The Balaban J connectivity index is 3.54. The number of isocyanates is 1. The van der Waals surface area contributed by atoms with E-state index in [4.69, 9.17) is 4.74 Å². The van der Waals surface area contributed by atoms with Gasteiger partial charge in [0, 0.05) is 6.92 Å². The van der Waals surface area contributed by atoms with E-state index in [1.165, 1.54) is 6.92 Å². The monoisotopic (exact) mass is 261 g/mol. The van der Waals surface area contributed by atoms with Gasteiger partial charge in [-0.2, -0.15) is 4.99 Å². The number of benzene rings is 1. The van der Waals surface area contributed by atoms with Gasteiger partial charge < -0.3 is 4.74 Å². The van der Waals surface area contributed by atoms with Crippen LogP contribution in [0.25, 0.3) is 0 Å². The second-order valence-electron chi connectivity index (χ2n) is 5.06. The number of esters is 1. The average Bonchev–Trinajstić information content (AvgIpc) is 2.29. The molecule has 0 aliphatic heterocycles. The van der Waals surface area contributed by atoms with E-state index in [1.54, 1.807) is 18.2 Å². The summed E-state index contributed by atoms with van der Waals surface area (Å²) in [6.45, 7) is 9.38. The number of rotatable bonds is 4. The van der Waals surface area contributed by atoms with Crippen LogP contribution in [0.1, 0.15) is 57.6 Å². The first kappa shape index (κ1) is 15.1. The van der Waals surface area contributed by atoms with Crippen molar-refractivity contribution in [2.24, 2.45) is 4.99 Å². The number of nitrogens with zero attached hydrogens (tertiary/aromatic N) is 1. The van der Waals surface area contributed by atoms with Crippen LogP contribution in [0.2, 0.25) is 0 Å². The maximum absolute atomic E-state index is 11.3. The number of ether oxygens (including phenoxy) is 1. The molecule has 0 N–H and O–H groups in total. The van der Waals surface area contributed by atoms with E-state index in [2.05, 4.69) is 4.99 Å². The smallest absolute Gasteiger partial charge is 0.308 e. The Labute approximate surface area is 113 Å². The van der Waals surface area contributed by atoms with Gasteiger partial charge in [-0.15, -0.1) is 0 Å². The van der Waals surface area contributed by atoms with Crippen molar-refractivity contribution in [2.45, 2.75) is 46.5 Å². The van der Waals surface area contributed by atoms with Gasteiger partial charge in [-0.1, -0.05) is 27.7 Å². The molecule has 4 heteroatoms. The first-order valence-electron chi connectivity index (χ1n) is 6.31. The summed E-state index contributed by atoms with van der Waals surface area (Å²) in [6, 6.07) is 3.53. The molecule has 0 aromatic heterocycles. The summed E-state index contributed by atoms with van der Waals surface area (Å²) in [7, 11) is 0. The van der Waals surface area contributed by atoms with Crippen LogP contribution >= 0.6 is 0 Å². The van der Waals surface area contributed by atoms with Gasteiger partial charge >= 0.3 is 5.97 Å². The molecule has 0 unspecified atom stereocenters. The number of hydrogen-bond donors (Lipinski definition) is 0. The van der Waals surface area contributed by atoms with E-state index >= 15 is 0 Å². The van der Waals surface area contributed by atoms with Gasteiger partial charge in [-0.3, -0.25) is 4.79 Å². The van der Waals surface area contributed by atoms with E-state index in [0.29, 0.717) is 11.4 Å². The molecular weight excluding hydrogens is 242 g/mol. The standard InChI is InChI=1S/C15H19NO3/c1-9(2)13-6-12(16-8-17)7-14(10(3)4)15(13)19-11(5)18/h6-7,9-10H,1-5H3. The van der Waals surface area contributed by atoms with Gasteiger partial charge in [0.05, 0.1) is 5.69 Å². The summed E-state index contributed by atoms with van der Waals surface area (Å²) >= 11 is 0. The lowest BCUT2D eigenvalue weighted by atomic mass is 9.93. The van der Waals surface area contributed by atoms with Crippen LogP contribution in [0, 0.1) is 0 Å². The highest BCUT2D eigenvalue weighted by Crippen LogP contribution is 2.38. The maximum Gasteiger partial charge on any atom is 0.308 e. The van der Waals surface area contributed by atoms with E-state index in [1.807, 2.05) is 27.7 Å². The van der Waals surface area contributed by atoms with Crippen LogP contribution in [0.15, 0.2) is 17.1 Å². The first-order valence-corrected chi connectivity index (χ1v) is 6.31. The zero-order valence-electron chi connectivity index (χ0n) is 12.0. The highest BCUT2D eigenvalue weighted by atomic mass is 16.5. The summed E-state index contributed by atoms with van der Waals surface area (Å²) in [6.07, 6.45) is 1.54. The van der Waals surface area contributed by atoms with Crippen molar-refractivity contribution in [1.29, 1.82) is 0 Å². The Kier molecular flexibility index (Phi) is 5.02. The zero-order valence-corrected chi connectivity index (χ0v) is 12.0. The summed E-state index contributed by atoms with van der Waals surface area (Å²) in [5.74, 6) is 0.556. The van der Waals surface area contributed by atoms with E-state index < -0.39 is 0 Å². The Bertz CT molecular complexity index is 497. The van der Waals surface area contributed by atoms with Crippen molar-refractivity contribution in [3.05, 3.63) is 23.3 Å². The normalized spacial score (nSPS) is 10.5. The largest absolute Gasteiger partial charge is 0.426 e. The number of carbonyl (C=O) groups excluding carboxylic acids is 2. The van der Waals surface area contributed by atoms with Crippen molar-refractivity contribution in [2.75, 3.05) is 0 Å². The van der Waals surface area contributed by atoms with Crippen LogP contribution in [0.3, 0.4) is 0 Å². The number of hydrogen-bond acceptors (Lipinski definition) is 4. The minimum absolute atomic E-state index is 0.161. The van der Waals surface area contributed by atoms with E-state index in [0.717, 1.165) is 11.1 Å². The topological polar surface area (TPSA) is 55.7 Å². The molecule has 0 aliphatic rings. The minimum atomic E-state index is -0.351. The molecule has 0 fully saturated rings. The molecule has 0 atom stereocenters. The molecule has 19 heavy (non-hydrogen) atoms. The molecule has 0 saturated carbocycles. The third-order valence-corrected chi connectivity index (χ3v) is 2.80. The molecule has 0 radical (unpaired) electrons. The second kappa shape index (κ2) is 6.30. The summed E-state index contributed by atoms with van der Waals surface area (Å²) in [5, 5.41) is 0. The van der Waals surface area contributed by atoms with Crippen molar-refractivity contribution >= 4 is 17.7 Å². The summed E-state index contributed by atoms with van der Waals surface area (Å²) < 4.78 is 5.35. The predicted octanol–water partition coefficient (Wildman–Crippen LogP) is 3.83. The fraction of sp³-hybridized carbons (Fsp3) is 0.467. The van der Waals surface area contributed by atoms with Crippen molar-refractivity contribution in [1.82, 2.24) is 0 Å². The fourth-order valence-corrected chi connectivity index (χ4v) is 1.89. The molecule has 0 bridgehead atoms. The van der Waals surface area contributed by atoms with Crippen molar-refractivity contribution in [3.8, 4) is 5.75 Å². The Morgan fingerprint density at radius 3 is 1.95 bits per heavy atom. The second-order valence-corrected chi connectivity index (χ2v) is 5.06. The van der Waals surface area contributed by atoms with Crippen LogP contribution in [0.5, 0.6) is 5.75 Å². The summed E-state index contributed by atoms with van der Waals surface area (Å²) in [5.41, 5.74) is 2.28. The van der Waals surface area contributed by atoms with Crippen LogP contribution in [0.4, 0.5) is 5.69 Å². The lowest BCUT2D eigenvalue weighted by Crippen LogP contribution is -2.08. The zero-order chi connectivity index (χ0) is 14.6. The van der Waals surface area contributed by atoms with Crippen LogP contribution in [-0.4, -0.2) is 12.0 Å². The Hall–Kier alpha value is -1.93. The van der Waals surface area contributed by atoms with Gasteiger partial charge in [0.25, 0.3) is 0 Å². The molecule has 4 nitrogen and oxygen atoms in total. The Morgan fingerprint density at radius 1 is 1.16 bits per heavy atom. The Morgan fingerprint density at radius 2 is 1.63 bits per heavy atom. The molecule has 0 heterocycles. The molecule has 0 saturated heterocycles. The molecule has 1 aromatic rings. The predicted molar refractivity (Wildman–Crippen MR) is 73.7 cm³/mol. The highest BCUT2D eigenvalue weighted by molar-refractivity contribution is 5.72. The van der Waals surface area contributed by atoms with Crippen LogP contribution in [-0.2, 0) is 9.59 Å². The molecule has 102 valence electrons. The quantitative estimate of drug-likeness (QED) is 0.358. The highest BCUT2D eigenvalue weighted by Gasteiger charge is 2.18. The molecule has 1 aromatic carbocycles. The van der Waals surface area contributed by atoms with E-state index in [-0.39, 0.29) is 17.8 Å². The third kappa shape index (κ3) is 3.76. The average molecular weight is 261 g/mol.